The predicted molar refractivity (Wildman–Crippen MR) is 241 cm³/mol. The summed E-state index contributed by atoms with van der Waals surface area (Å²) < 4.78 is 0. The van der Waals surface area contributed by atoms with Gasteiger partial charge in [-0.25, -0.2) is 0 Å². The van der Waals surface area contributed by atoms with Crippen LogP contribution in [0.25, 0.3) is 56.6 Å². The summed E-state index contributed by atoms with van der Waals surface area (Å²) >= 11 is 0. The predicted octanol–water partition coefficient (Wildman–Crippen LogP) is 13.0. The van der Waals surface area contributed by atoms with Gasteiger partial charge < -0.3 is 9.80 Å². The minimum absolute atomic E-state index is 0.203. The fourth-order valence-electron chi connectivity index (χ4n) is 8.16. The van der Waals surface area contributed by atoms with Gasteiger partial charge in [-0.1, -0.05) is 164 Å². The van der Waals surface area contributed by atoms with Gasteiger partial charge in [-0.2, -0.15) is 0 Å². The molecule has 9 aromatic rings. The second-order valence-corrected chi connectivity index (χ2v) is 14.6. The van der Waals surface area contributed by atoms with E-state index in [2.05, 4.69) is 234 Å². The molecule has 0 heterocycles. The molecular formula is C54H40N2. The first-order chi connectivity index (χ1) is 27.7. The topological polar surface area (TPSA) is 6.48 Å². The Hall–Kier alpha value is -7.16. The maximum Gasteiger partial charge on any atom is 0.0566 e. The lowest BCUT2D eigenvalue weighted by atomic mass is 10.00. The molecule has 2 nitrogen and oxygen atoms in total. The van der Waals surface area contributed by atoms with Crippen LogP contribution in [-0.4, -0.2) is 6.04 Å². The molecular weight excluding hydrogens is 677 g/mol. The van der Waals surface area contributed by atoms with Gasteiger partial charge in [0.25, 0.3) is 0 Å². The lowest BCUT2D eigenvalue weighted by Gasteiger charge is -2.33. The van der Waals surface area contributed by atoms with Crippen LogP contribution in [0.5, 0.6) is 0 Å². The SMILES string of the molecule is C1=c2ccccc2=CC(N(c2ccc(/C=C\c3ccc(N(c4ccc5ccccc5c4)c4ccc5ccccc5c4)cc3)cc2)c2ccc3ccccc3c2)C1. The molecule has 266 valence electrons. The van der Waals surface area contributed by atoms with Crippen molar-refractivity contribution in [2.24, 2.45) is 0 Å². The highest BCUT2D eigenvalue weighted by atomic mass is 15.2. The van der Waals surface area contributed by atoms with Crippen LogP contribution in [0.2, 0.25) is 0 Å². The Balaban J connectivity index is 0.945. The van der Waals surface area contributed by atoms with Crippen molar-refractivity contribution in [3.8, 4) is 0 Å². The Labute approximate surface area is 327 Å². The third kappa shape index (κ3) is 6.63. The molecule has 1 aliphatic carbocycles. The van der Waals surface area contributed by atoms with Crippen LogP contribution >= 0.6 is 0 Å². The third-order valence-electron chi connectivity index (χ3n) is 11.1. The van der Waals surface area contributed by atoms with Crippen molar-refractivity contribution in [3.05, 3.63) is 222 Å². The number of hydrogen-bond acceptors (Lipinski definition) is 2. The molecule has 0 amide bonds. The zero-order valence-electron chi connectivity index (χ0n) is 31.0. The molecule has 0 bridgehead atoms. The Morgan fingerprint density at radius 2 is 0.768 bits per heavy atom. The monoisotopic (exact) mass is 716 g/mol. The average Bonchev–Trinajstić information content (AvgIpc) is 3.26. The van der Waals surface area contributed by atoms with Crippen molar-refractivity contribution in [2.75, 3.05) is 9.80 Å². The van der Waals surface area contributed by atoms with Crippen molar-refractivity contribution in [1.29, 1.82) is 0 Å². The van der Waals surface area contributed by atoms with Crippen LogP contribution in [0.15, 0.2) is 200 Å². The molecule has 0 radical (unpaired) electrons. The molecule has 0 aliphatic heterocycles. The fraction of sp³-hybridized carbons (Fsp3) is 0.0370. The fourth-order valence-corrected chi connectivity index (χ4v) is 8.16. The van der Waals surface area contributed by atoms with Crippen LogP contribution in [0.1, 0.15) is 17.5 Å². The Morgan fingerprint density at radius 1 is 0.357 bits per heavy atom. The molecule has 0 aromatic heterocycles. The Bertz CT molecular complexity index is 2930. The molecule has 1 aliphatic rings. The van der Waals surface area contributed by atoms with Crippen molar-refractivity contribution < 1.29 is 0 Å². The normalized spacial score (nSPS) is 13.7. The third-order valence-corrected chi connectivity index (χ3v) is 11.1. The molecule has 0 saturated heterocycles. The first kappa shape index (κ1) is 33.4. The van der Waals surface area contributed by atoms with Gasteiger partial charge in [0.15, 0.2) is 0 Å². The number of fused-ring (bicyclic) bond motifs is 4. The summed E-state index contributed by atoms with van der Waals surface area (Å²) in [6.45, 7) is 0. The van der Waals surface area contributed by atoms with Crippen molar-refractivity contribution in [1.82, 2.24) is 0 Å². The van der Waals surface area contributed by atoms with Gasteiger partial charge >= 0.3 is 0 Å². The summed E-state index contributed by atoms with van der Waals surface area (Å²) in [7, 11) is 0. The lowest BCUT2D eigenvalue weighted by Crippen LogP contribution is -2.37. The maximum atomic E-state index is 2.49. The molecule has 56 heavy (non-hydrogen) atoms. The molecule has 9 aromatic carbocycles. The molecule has 0 fully saturated rings. The number of nitrogens with zero attached hydrogens (tertiary/aromatic N) is 2. The van der Waals surface area contributed by atoms with E-state index in [4.69, 9.17) is 0 Å². The van der Waals surface area contributed by atoms with E-state index in [1.165, 1.54) is 54.1 Å². The van der Waals surface area contributed by atoms with E-state index in [-0.39, 0.29) is 6.04 Å². The highest BCUT2D eigenvalue weighted by Crippen LogP contribution is 2.38. The summed E-state index contributed by atoms with van der Waals surface area (Å²) in [5.41, 5.74) is 8.07. The number of rotatable bonds is 8. The van der Waals surface area contributed by atoms with Crippen molar-refractivity contribution >= 4 is 85.1 Å². The summed E-state index contributed by atoms with van der Waals surface area (Å²) in [6.07, 6.45) is 10.2. The zero-order valence-corrected chi connectivity index (χ0v) is 31.0. The van der Waals surface area contributed by atoms with Crippen molar-refractivity contribution in [3.63, 3.8) is 0 Å². The van der Waals surface area contributed by atoms with E-state index in [0.29, 0.717) is 0 Å². The minimum Gasteiger partial charge on any atom is -0.334 e. The van der Waals surface area contributed by atoms with E-state index in [9.17, 15) is 0 Å². The first-order valence-corrected chi connectivity index (χ1v) is 19.4. The lowest BCUT2D eigenvalue weighted by molar-refractivity contribution is 0.838. The van der Waals surface area contributed by atoms with Gasteiger partial charge in [0.2, 0.25) is 0 Å². The summed E-state index contributed by atoms with van der Waals surface area (Å²) in [4.78, 5) is 4.84. The van der Waals surface area contributed by atoms with Gasteiger partial charge in [0.1, 0.15) is 0 Å². The second kappa shape index (κ2) is 14.6. The van der Waals surface area contributed by atoms with Crippen LogP contribution in [-0.2, 0) is 0 Å². The van der Waals surface area contributed by atoms with Crippen LogP contribution < -0.4 is 20.2 Å². The largest absolute Gasteiger partial charge is 0.334 e. The average molecular weight is 717 g/mol. The van der Waals surface area contributed by atoms with Gasteiger partial charge in [0, 0.05) is 28.4 Å². The molecule has 0 N–H and O–H groups in total. The minimum atomic E-state index is 0.203. The highest BCUT2D eigenvalue weighted by Gasteiger charge is 2.20. The molecule has 0 saturated carbocycles. The van der Waals surface area contributed by atoms with Gasteiger partial charge in [-0.15, -0.1) is 0 Å². The smallest absolute Gasteiger partial charge is 0.0566 e. The number of benzene rings is 9. The zero-order chi connectivity index (χ0) is 37.3. The summed E-state index contributed by atoms with van der Waals surface area (Å²) in [5, 5.41) is 10.0. The van der Waals surface area contributed by atoms with Crippen LogP contribution in [0, 0.1) is 0 Å². The van der Waals surface area contributed by atoms with Gasteiger partial charge in [0.05, 0.1) is 6.04 Å². The van der Waals surface area contributed by atoms with E-state index in [1.807, 2.05) is 0 Å². The number of hydrogen-bond donors (Lipinski definition) is 0. The summed E-state index contributed by atoms with van der Waals surface area (Å²) in [6, 6.07) is 72.7. The summed E-state index contributed by atoms with van der Waals surface area (Å²) in [5.74, 6) is 0. The van der Waals surface area contributed by atoms with Crippen LogP contribution in [0.4, 0.5) is 28.4 Å². The van der Waals surface area contributed by atoms with E-state index in [0.717, 1.165) is 34.6 Å². The van der Waals surface area contributed by atoms with Gasteiger partial charge in [-0.05, 0) is 121 Å². The molecule has 0 spiro atoms. The van der Waals surface area contributed by atoms with Crippen molar-refractivity contribution in [2.45, 2.75) is 12.5 Å². The molecule has 2 heteroatoms. The standard InChI is InChI=1S/C54H40N2/c1-5-13-45-35-51(31-23-41(45)9-1)55(52-32-24-42-10-2-6-14-46(42)36-52)49-27-19-39(20-28-49)17-18-40-21-29-50(30-22-40)56(53-33-25-43-11-3-7-15-47(43)37-53)54-34-26-44-12-4-8-16-48(44)38-54/h1-33,35-38,54H,34H2/b18-17-. The van der Waals surface area contributed by atoms with E-state index < -0.39 is 0 Å². The maximum absolute atomic E-state index is 2.49. The highest BCUT2D eigenvalue weighted by molar-refractivity contribution is 5.93. The molecule has 1 atom stereocenters. The Morgan fingerprint density at radius 3 is 1.30 bits per heavy atom. The second-order valence-electron chi connectivity index (χ2n) is 14.6. The molecule has 1 unspecified atom stereocenters. The Kier molecular flexibility index (Phi) is 8.70. The quantitative estimate of drug-likeness (QED) is 0.144. The first-order valence-electron chi connectivity index (χ1n) is 19.4. The van der Waals surface area contributed by atoms with Gasteiger partial charge in [-0.3, -0.25) is 0 Å². The molecule has 10 rings (SSSR count). The van der Waals surface area contributed by atoms with E-state index in [1.54, 1.807) is 0 Å². The van der Waals surface area contributed by atoms with E-state index >= 15 is 0 Å². The number of anilines is 5. The van der Waals surface area contributed by atoms with Crippen LogP contribution in [0.3, 0.4) is 0 Å².